The van der Waals surface area contributed by atoms with Gasteiger partial charge in [-0.05, 0) is 30.8 Å². The lowest BCUT2D eigenvalue weighted by Gasteiger charge is -2.38. The van der Waals surface area contributed by atoms with Gasteiger partial charge in [0, 0.05) is 30.3 Å². The molecule has 0 bridgehead atoms. The Labute approximate surface area is 127 Å². The Morgan fingerprint density at radius 1 is 1.19 bits per heavy atom. The second kappa shape index (κ2) is 9.37. The number of hydrogen-bond acceptors (Lipinski definition) is 4. The zero-order chi connectivity index (χ0) is 15.7. The van der Waals surface area contributed by atoms with Crippen LogP contribution in [0.4, 0.5) is 5.69 Å². The van der Waals surface area contributed by atoms with Crippen molar-refractivity contribution in [1.82, 2.24) is 4.90 Å². The lowest BCUT2D eigenvalue weighted by atomic mass is 9.99. The third-order valence-electron chi connectivity index (χ3n) is 3.52. The lowest BCUT2D eigenvalue weighted by Crippen LogP contribution is -2.52. The number of amides is 1. The zero-order valence-corrected chi connectivity index (χ0v) is 13.1. The molecule has 1 saturated heterocycles. The van der Waals surface area contributed by atoms with Crippen molar-refractivity contribution in [1.29, 1.82) is 0 Å². The summed E-state index contributed by atoms with van der Waals surface area (Å²) in [5, 5.41) is 2.98. The predicted molar refractivity (Wildman–Crippen MR) is 88.1 cm³/mol. The normalized spacial score (nSPS) is 14.0. The maximum atomic E-state index is 12.0. The summed E-state index contributed by atoms with van der Waals surface area (Å²) < 4.78 is 0. The molecule has 1 aromatic rings. The molecule has 0 unspecified atom stereocenters. The van der Waals surface area contributed by atoms with Crippen molar-refractivity contribution in [2.75, 3.05) is 31.6 Å². The van der Waals surface area contributed by atoms with Crippen LogP contribution in [0.5, 0.6) is 0 Å². The Hall–Kier alpha value is -1.59. The molecular formula is C16H28N4O. The molecule has 118 valence electrons. The van der Waals surface area contributed by atoms with E-state index in [1.807, 2.05) is 29.2 Å². The highest BCUT2D eigenvalue weighted by atomic mass is 16.2. The van der Waals surface area contributed by atoms with Gasteiger partial charge in [-0.3, -0.25) is 4.79 Å². The molecule has 1 heterocycles. The van der Waals surface area contributed by atoms with Crippen LogP contribution < -0.4 is 16.8 Å². The van der Waals surface area contributed by atoms with Gasteiger partial charge in [-0.25, -0.2) is 0 Å². The van der Waals surface area contributed by atoms with Crippen LogP contribution in [0, 0.1) is 5.92 Å². The first-order valence-corrected chi connectivity index (χ1v) is 7.69. The predicted octanol–water partition coefficient (Wildman–Crippen LogP) is 1.85. The van der Waals surface area contributed by atoms with E-state index in [-0.39, 0.29) is 5.91 Å². The monoisotopic (exact) mass is 292 g/mol. The van der Waals surface area contributed by atoms with E-state index in [0.29, 0.717) is 24.7 Å². The average Bonchev–Trinajstić information content (AvgIpc) is 2.47. The van der Waals surface area contributed by atoms with Crippen molar-refractivity contribution < 1.29 is 4.79 Å². The molecule has 1 aromatic carbocycles. The SMILES string of the molecule is CCCC.NCNc1ccc(C(=O)N2CC(CN)C2)cc1. The Morgan fingerprint density at radius 2 is 1.76 bits per heavy atom. The van der Waals surface area contributed by atoms with Gasteiger partial charge in [0.05, 0.1) is 6.67 Å². The van der Waals surface area contributed by atoms with E-state index in [2.05, 4.69) is 19.2 Å². The maximum Gasteiger partial charge on any atom is 0.253 e. The van der Waals surface area contributed by atoms with Crippen LogP contribution >= 0.6 is 0 Å². The number of hydrogen-bond donors (Lipinski definition) is 3. The smallest absolute Gasteiger partial charge is 0.253 e. The topological polar surface area (TPSA) is 84.4 Å². The summed E-state index contributed by atoms with van der Waals surface area (Å²) in [5.41, 5.74) is 12.5. The number of nitrogens with zero attached hydrogens (tertiary/aromatic N) is 1. The van der Waals surface area contributed by atoms with Gasteiger partial charge in [0.1, 0.15) is 0 Å². The van der Waals surface area contributed by atoms with Crippen molar-refractivity contribution in [3.8, 4) is 0 Å². The number of nitrogens with two attached hydrogens (primary N) is 2. The molecule has 0 radical (unpaired) electrons. The number of nitrogens with one attached hydrogen (secondary N) is 1. The van der Waals surface area contributed by atoms with Crippen molar-refractivity contribution in [3.05, 3.63) is 29.8 Å². The highest BCUT2D eigenvalue weighted by Gasteiger charge is 2.29. The van der Waals surface area contributed by atoms with Gasteiger partial charge < -0.3 is 21.7 Å². The molecule has 1 aliphatic heterocycles. The number of benzene rings is 1. The summed E-state index contributed by atoms with van der Waals surface area (Å²) in [7, 11) is 0. The van der Waals surface area contributed by atoms with E-state index in [0.717, 1.165) is 18.8 Å². The number of carbonyl (C=O) groups excluding carboxylic acids is 1. The number of unbranched alkanes of at least 4 members (excludes halogenated alkanes) is 1. The first kappa shape index (κ1) is 17.5. The van der Waals surface area contributed by atoms with Crippen LogP contribution in [0.15, 0.2) is 24.3 Å². The minimum Gasteiger partial charge on any atom is -0.373 e. The number of likely N-dealkylation sites (tertiary alicyclic amines) is 1. The standard InChI is InChI=1S/C12H18N4O.C4H10/c13-5-9-6-16(7-9)12(17)10-1-3-11(4-2-10)15-8-14;1-3-4-2/h1-4,9,15H,5-8,13-14H2;3-4H2,1-2H3. The van der Waals surface area contributed by atoms with E-state index >= 15 is 0 Å². The van der Waals surface area contributed by atoms with Crippen molar-refractivity contribution >= 4 is 11.6 Å². The van der Waals surface area contributed by atoms with Crippen molar-refractivity contribution in [2.45, 2.75) is 26.7 Å². The van der Waals surface area contributed by atoms with Crippen LogP contribution in [0.1, 0.15) is 37.0 Å². The fourth-order valence-corrected chi connectivity index (χ4v) is 1.92. The minimum atomic E-state index is 0.0778. The fraction of sp³-hybridized carbons (Fsp3) is 0.562. The molecule has 0 atom stereocenters. The van der Waals surface area contributed by atoms with E-state index in [1.165, 1.54) is 12.8 Å². The van der Waals surface area contributed by atoms with E-state index < -0.39 is 0 Å². The van der Waals surface area contributed by atoms with Gasteiger partial charge in [0.15, 0.2) is 0 Å². The molecule has 0 saturated carbocycles. The Morgan fingerprint density at radius 3 is 2.19 bits per heavy atom. The number of rotatable bonds is 5. The average molecular weight is 292 g/mol. The molecule has 5 N–H and O–H groups in total. The van der Waals surface area contributed by atoms with Crippen LogP contribution in [0.2, 0.25) is 0 Å². The van der Waals surface area contributed by atoms with Crippen molar-refractivity contribution in [2.24, 2.45) is 17.4 Å². The summed E-state index contributed by atoms with van der Waals surface area (Å²) in [5.74, 6) is 0.547. The van der Waals surface area contributed by atoms with Gasteiger partial charge in [0.2, 0.25) is 0 Å². The molecule has 5 heteroatoms. The zero-order valence-electron chi connectivity index (χ0n) is 13.1. The van der Waals surface area contributed by atoms with Gasteiger partial charge in [-0.15, -0.1) is 0 Å². The quantitative estimate of drug-likeness (QED) is 0.723. The molecular weight excluding hydrogens is 264 g/mol. The highest BCUT2D eigenvalue weighted by Crippen LogP contribution is 2.18. The Balaban J connectivity index is 0.000000491. The molecule has 0 aromatic heterocycles. The second-order valence-electron chi connectivity index (χ2n) is 5.27. The van der Waals surface area contributed by atoms with E-state index in [9.17, 15) is 4.79 Å². The second-order valence-corrected chi connectivity index (χ2v) is 5.27. The van der Waals surface area contributed by atoms with E-state index in [1.54, 1.807) is 0 Å². The third-order valence-corrected chi connectivity index (χ3v) is 3.52. The number of carbonyl (C=O) groups is 1. The summed E-state index contributed by atoms with van der Waals surface area (Å²) in [6.07, 6.45) is 2.64. The number of anilines is 1. The summed E-state index contributed by atoms with van der Waals surface area (Å²) in [6.45, 7) is 6.96. The van der Waals surface area contributed by atoms with Crippen LogP contribution in [-0.2, 0) is 0 Å². The van der Waals surface area contributed by atoms with Crippen LogP contribution in [0.3, 0.4) is 0 Å². The minimum absolute atomic E-state index is 0.0778. The summed E-state index contributed by atoms with van der Waals surface area (Å²) >= 11 is 0. The maximum absolute atomic E-state index is 12.0. The molecule has 0 aliphatic carbocycles. The van der Waals surface area contributed by atoms with Gasteiger partial charge in [-0.2, -0.15) is 0 Å². The summed E-state index contributed by atoms with van der Waals surface area (Å²) in [6, 6.07) is 7.35. The highest BCUT2D eigenvalue weighted by molar-refractivity contribution is 5.95. The van der Waals surface area contributed by atoms with Gasteiger partial charge in [0.25, 0.3) is 5.91 Å². The van der Waals surface area contributed by atoms with E-state index in [4.69, 9.17) is 11.5 Å². The molecule has 1 amide bonds. The largest absolute Gasteiger partial charge is 0.373 e. The lowest BCUT2D eigenvalue weighted by molar-refractivity contribution is 0.0515. The van der Waals surface area contributed by atoms with Crippen LogP contribution in [-0.4, -0.2) is 37.1 Å². The fourth-order valence-electron chi connectivity index (χ4n) is 1.92. The first-order chi connectivity index (χ1) is 10.2. The third kappa shape index (κ3) is 5.36. The Kier molecular flexibility index (Phi) is 7.79. The first-order valence-electron chi connectivity index (χ1n) is 7.69. The summed E-state index contributed by atoms with van der Waals surface area (Å²) in [4.78, 5) is 13.8. The molecule has 1 aliphatic rings. The molecule has 0 spiro atoms. The molecule has 5 nitrogen and oxygen atoms in total. The van der Waals surface area contributed by atoms with Crippen molar-refractivity contribution in [3.63, 3.8) is 0 Å². The molecule has 2 rings (SSSR count). The van der Waals surface area contributed by atoms with Gasteiger partial charge >= 0.3 is 0 Å². The Bertz CT molecular complexity index is 411. The van der Waals surface area contributed by atoms with Gasteiger partial charge in [-0.1, -0.05) is 26.7 Å². The molecule has 1 fully saturated rings. The van der Waals surface area contributed by atoms with Crippen LogP contribution in [0.25, 0.3) is 0 Å². The molecule has 21 heavy (non-hydrogen) atoms.